The molecule has 0 aliphatic heterocycles. The minimum Gasteiger partial charge on any atom is -0.396 e. The quantitative estimate of drug-likeness (QED) is 0.724. The molecule has 16 heavy (non-hydrogen) atoms. The summed E-state index contributed by atoms with van der Waals surface area (Å²) in [7, 11) is 0. The van der Waals surface area contributed by atoms with E-state index in [2.05, 4.69) is 50.4 Å². The largest absolute Gasteiger partial charge is 0.396 e. The van der Waals surface area contributed by atoms with Crippen molar-refractivity contribution in [2.75, 3.05) is 13.2 Å². The molecule has 0 saturated heterocycles. The third-order valence-corrected chi connectivity index (χ3v) is 2.89. The molecule has 90 valence electrons. The summed E-state index contributed by atoms with van der Waals surface area (Å²) in [5, 5.41) is 12.1. The molecule has 0 aliphatic carbocycles. The maximum Gasteiger partial charge on any atom is 0.0443 e. The zero-order valence-electron chi connectivity index (χ0n) is 10.5. The summed E-state index contributed by atoms with van der Waals surface area (Å²) < 4.78 is 0. The lowest BCUT2D eigenvalue weighted by atomic mass is 9.99. The van der Waals surface area contributed by atoms with E-state index in [1.807, 2.05) is 0 Å². The molecule has 1 rings (SSSR count). The second kappa shape index (κ2) is 6.66. The number of nitrogens with one attached hydrogen (secondary N) is 1. The van der Waals surface area contributed by atoms with Gasteiger partial charge in [0.1, 0.15) is 0 Å². The monoisotopic (exact) mass is 221 g/mol. The average Bonchev–Trinajstić information content (AvgIpc) is 2.29. The molecule has 0 fully saturated rings. The van der Waals surface area contributed by atoms with Crippen LogP contribution in [0, 0.1) is 0 Å². The van der Waals surface area contributed by atoms with Crippen molar-refractivity contribution in [3.63, 3.8) is 0 Å². The summed E-state index contributed by atoms with van der Waals surface area (Å²) in [6.45, 7) is 7.69. The third-order valence-electron chi connectivity index (χ3n) is 2.89. The summed E-state index contributed by atoms with van der Waals surface area (Å²) in [5.41, 5.74) is 2.69. The third kappa shape index (κ3) is 3.95. The fourth-order valence-electron chi connectivity index (χ4n) is 1.69. The molecule has 0 aromatic heterocycles. The van der Waals surface area contributed by atoms with E-state index >= 15 is 0 Å². The Morgan fingerprint density at radius 1 is 1.06 bits per heavy atom. The Morgan fingerprint density at radius 2 is 1.62 bits per heavy atom. The highest BCUT2D eigenvalue weighted by Crippen LogP contribution is 2.18. The Kier molecular flexibility index (Phi) is 5.50. The predicted molar refractivity (Wildman–Crippen MR) is 68.7 cm³/mol. The van der Waals surface area contributed by atoms with Crippen molar-refractivity contribution in [3.8, 4) is 0 Å². The standard InChI is InChI=1S/C14H23NO/c1-11(2)13-5-7-14(8-6-13)12(3)15-9-4-10-16/h5-8,11-12,15-16H,4,9-10H2,1-3H3. The second-order valence-electron chi connectivity index (χ2n) is 4.57. The fraction of sp³-hybridized carbons (Fsp3) is 0.571. The van der Waals surface area contributed by atoms with Crippen LogP contribution in [0.15, 0.2) is 24.3 Å². The Bertz CT molecular complexity index is 292. The topological polar surface area (TPSA) is 32.3 Å². The van der Waals surface area contributed by atoms with Gasteiger partial charge < -0.3 is 10.4 Å². The van der Waals surface area contributed by atoms with E-state index in [1.54, 1.807) is 0 Å². The number of aliphatic hydroxyl groups is 1. The fourth-order valence-corrected chi connectivity index (χ4v) is 1.69. The van der Waals surface area contributed by atoms with Crippen LogP contribution in [0.3, 0.4) is 0 Å². The van der Waals surface area contributed by atoms with Crippen LogP contribution in [0.5, 0.6) is 0 Å². The van der Waals surface area contributed by atoms with Crippen LogP contribution in [-0.2, 0) is 0 Å². The Balaban J connectivity index is 2.52. The Morgan fingerprint density at radius 3 is 2.12 bits per heavy atom. The lowest BCUT2D eigenvalue weighted by molar-refractivity contribution is 0.284. The van der Waals surface area contributed by atoms with Crippen LogP contribution in [0.25, 0.3) is 0 Å². The van der Waals surface area contributed by atoms with Crippen molar-refractivity contribution < 1.29 is 5.11 Å². The van der Waals surface area contributed by atoms with E-state index in [-0.39, 0.29) is 6.61 Å². The van der Waals surface area contributed by atoms with Gasteiger partial charge in [0.25, 0.3) is 0 Å². The molecule has 0 spiro atoms. The predicted octanol–water partition coefficient (Wildman–Crippen LogP) is 2.84. The van der Waals surface area contributed by atoms with Gasteiger partial charge in [-0.15, -0.1) is 0 Å². The molecule has 1 aromatic carbocycles. The molecule has 0 heterocycles. The normalized spacial score (nSPS) is 13.1. The molecule has 0 saturated carbocycles. The van der Waals surface area contributed by atoms with Crippen molar-refractivity contribution in [3.05, 3.63) is 35.4 Å². The van der Waals surface area contributed by atoms with Gasteiger partial charge in [-0.25, -0.2) is 0 Å². The first-order valence-corrected chi connectivity index (χ1v) is 6.09. The highest BCUT2D eigenvalue weighted by Gasteiger charge is 2.05. The molecule has 1 atom stereocenters. The van der Waals surface area contributed by atoms with Crippen molar-refractivity contribution in [1.82, 2.24) is 5.32 Å². The number of hydrogen-bond acceptors (Lipinski definition) is 2. The molecule has 0 bridgehead atoms. The molecular weight excluding hydrogens is 198 g/mol. The second-order valence-corrected chi connectivity index (χ2v) is 4.57. The first-order chi connectivity index (χ1) is 7.65. The highest BCUT2D eigenvalue weighted by molar-refractivity contribution is 5.26. The first kappa shape index (κ1) is 13.2. The van der Waals surface area contributed by atoms with E-state index in [0.29, 0.717) is 12.0 Å². The summed E-state index contributed by atoms with van der Waals surface area (Å²) >= 11 is 0. The van der Waals surface area contributed by atoms with Crippen LogP contribution in [-0.4, -0.2) is 18.3 Å². The molecular formula is C14H23NO. The lowest BCUT2D eigenvalue weighted by Gasteiger charge is -2.15. The highest BCUT2D eigenvalue weighted by atomic mass is 16.3. The van der Waals surface area contributed by atoms with Crippen LogP contribution < -0.4 is 5.32 Å². The van der Waals surface area contributed by atoms with Gasteiger partial charge in [0.05, 0.1) is 0 Å². The summed E-state index contributed by atoms with van der Waals surface area (Å²) in [5.74, 6) is 0.590. The van der Waals surface area contributed by atoms with Gasteiger partial charge >= 0.3 is 0 Å². The minimum absolute atomic E-state index is 0.256. The van der Waals surface area contributed by atoms with Gasteiger partial charge in [-0.3, -0.25) is 0 Å². The Labute approximate surface area is 98.7 Å². The van der Waals surface area contributed by atoms with Gasteiger partial charge in [-0.2, -0.15) is 0 Å². The van der Waals surface area contributed by atoms with Crippen LogP contribution in [0.2, 0.25) is 0 Å². The van der Waals surface area contributed by atoms with E-state index < -0.39 is 0 Å². The molecule has 1 aromatic rings. The van der Waals surface area contributed by atoms with E-state index in [4.69, 9.17) is 5.11 Å². The lowest BCUT2D eigenvalue weighted by Crippen LogP contribution is -2.20. The van der Waals surface area contributed by atoms with Gasteiger partial charge in [0.2, 0.25) is 0 Å². The molecule has 0 aliphatic rings. The van der Waals surface area contributed by atoms with Crippen LogP contribution in [0.4, 0.5) is 0 Å². The van der Waals surface area contributed by atoms with E-state index in [0.717, 1.165) is 13.0 Å². The maximum absolute atomic E-state index is 8.71. The van der Waals surface area contributed by atoms with Gasteiger partial charge in [0.15, 0.2) is 0 Å². The van der Waals surface area contributed by atoms with Crippen molar-refractivity contribution in [2.45, 2.75) is 39.2 Å². The van der Waals surface area contributed by atoms with E-state index in [1.165, 1.54) is 11.1 Å². The van der Waals surface area contributed by atoms with Gasteiger partial charge in [0, 0.05) is 12.6 Å². The zero-order chi connectivity index (χ0) is 12.0. The molecule has 1 unspecified atom stereocenters. The summed E-state index contributed by atoms with van der Waals surface area (Å²) in [6.07, 6.45) is 0.814. The van der Waals surface area contributed by atoms with E-state index in [9.17, 15) is 0 Å². The number of benzene rings is 1. The number of rotatable bonds is 6. The summed E-state index contributed by atoms with van der Waals surface area (Å²) in [6, 6.07) is 9.12. The number of hydrogen-bond donors (Lipinski definition) is 2. The smallest absolute Gasteiger partial charge is 0.0443 e. The van der Waals surface area contributed by atoms with Crippen molar-refractivity contribution >= 4 is 0 Å². The average molecular weight is 221 g/mol. The molecule has 2 N–H and O–H groups in total. The van der Waals surface area contributed by atoms with Gasteiger partial charge in [-0.1, -0.05) is 38.1 Å². The molecule has 2 heteroatoms. The SMILES string of the molecule is CC(C)c1ccc(C(C)NCCCO)cc1. The number of aliphatic hydroxyl groups excluding tert-OH is 1. The summed E-state index contributed by atoms with van der Waals surface area (Å²) in [4.78, 5) is 0. The Hall–Kier alpha value is -0.860. The van der Waals surface area contributed by atoms with Gasteiger partial charge in [-0.05, 0) is 36.9 Å². The maximum atomic E-state index is 8.71. The first-order valence-electron chi connectivity index (χ1n) is 6.09. The zero-order valence-corrected chi connectivity index (χ0v) is 10.5. The molecule has 0 radical (unpaired) electrons. The molecule has 2 nitrogen and oxygen atoms in total. The van der Waals surface area contributed by atoms with Crippen LogP contribution in [0.1, 0.15) is 50.3 Å². The minimum atomic E-state index is 0.256. The van der Waals surface area contributed by atoms with Crippen molar-refractivity contribution in [1.29, 1.82) is 0 Å². The molecule has 0 amide bonds. The van der Waals surface area contributed by atoms with Crippen molar-refractivity contribution in [2.24, 2.45) is 0 Å². The van der Waals surface area contributed by atoms with Crippen LogP contribution >= 0.6 is 0 Å².